The molecule has 1 atom stereocenters. The predicted molar refractivity (Wildman–Crippen MR) is 121 cm³/mol. The standard InChI is InChI=1S/C25H27O2P/c1-2-3-7-20-24(25(26)27)28(21-14-8-4-9-15-21,22-16-10-5-11-17-22)23-18-12-6-13-19-23/h4-6,8-19,24H,2-3,7,20H2,1H3/p+1. The highest BCUT2D eigenvalue weighted by Gasteiger charge is 2.55. The molecule has 0 aliphatic rings. The van der Waals surface area contributed by atoms with E-state index in [0.717, 1.165) is 35.2 Å². The smallest absolute Gasteiger partial charge is 0.345 e. The van der Waals surface area contributed by atoms with Gasteiger partial charge in [0.05, 0.1) is 0 Å². The van der Waals surface area contributed by atoms with Gasteiger partial charge in [-0.2, -0.15) is 0 Å². The molecule has 0 heterocycles. The molecule has 0 spiro atoms. The van der Waals surface area contributed by atoms with Gasteiger partial charge in [-0.15, -0.1) is 0 Å². The van der Waals surface area contributed by atoms with Crippen LogP contribution in [0.3, 0.4) is 0 Å². The topological polar surface area (TPSA) is 37.3 Å². The van der Waals surface area contributed by atoms with Crippen molar-refractivity contribution in [2.45, 2.75) is 38.3 Å². The van der Waals surface area contributed by atoms with Gasteiger partial charge in [0.15, 0.2) is 5.66 Å². The Labute approximate surface area is 168 Å². The van der Waals surface area contributed by atoms with Gasteiger partial charge < -0.3 is 5.11 Å². The van der Waals surface area contributed by atoms with E-state index in [1.165, 1.54) is 0 Å². The molecule has 3 heteroatoms. The lowest BCUT2D eigenvalue weighted by Gasteiger charge is -2.32. The van der Waals surface area contributed by atoms with Crippen molar-refractivity contribution < 1.29 is 9.90 Å². The van der Waals surface area contributed by atoms with Gasteiger partial charge in [0.2, 0.25) is 0 Å². The number of unbranched alkanes of at least 4 members (excludes halogenated alkanes) is 2. The van der Waals surface area contributed by atoms with Crippen molar-refractivity contribution >= 4 is 29.1 Å². The number of carbonyl (C=O) groups is 1. The van der Waals surface area contributed by atoms with Crippen LogP contribution in [-0.4, -0.2) is 16.7 Å². The molecule has 1 unspecified atom stereocenters. The van der Waals surface area contributed by atoms with Crippen molar-refractivity contribution in [1.29, 1.82) is 0 Å². The summed E-state index contributed by atoms with van der Waals surface area (Å²) in [5.74, 6) is -0.694. The first kappa shape index (κ1) is 20.3. The second-order valence-corrected chi connectivity index (χ2v) is 10.7. The Balaban J connectivity index is 2.31. The van der Waals surface area contributed by atoms with Crippen LogP contribution in [-0.2, 0) is 4.79 Å². The van der Waals surface area contributed by atoms with E-state index in [2.05, 4.69) is 43.3 Å². The number of hydrogen-bond donors (Lipinski definition) is 1. The fourth-order valence-corrected chi connectivity index (χ4v) is 8.85. The van der Waals surface area contributed by atoms with E-state index < -0.39 is 18.9 Å². The Kier molecular flexibility index (Phi) is 7.01. The highest BCUT2D eigenvalue weighted by Crippen LogP contribution is 2.61. The van der Waals surface area contributed by atoms with Gasteiger partial charge in [-0.1, -0.05) is 74.4 Å². The molecule has 3 rings (SSSR count). The van der Waals surface area contributed by atoms with E-state index in [1.54, 1.807) is 0 Å². The largest absolute Gasteiger partial charge is 0.478 e. The third-order valence-electron chi connectivity index (χ3n) is 5.32. The molecule has 3 aromatic carbocycles. The third-order valence-corrected chi connectivity index (χ3v) is 10.1. The lowest BCUT2D eigenvalue weighted by molar-refractivity contribution is -0.136. The van der Waals surface area contributed by atoms with Gasteiger partial charge in [0.1, 0.15) is 23.2 Å². The number of benzene rings is 3. The molecule has 0 aliphatic heterocycles. The van der Waals surface area contributed by atoms with E-state index in [0.29, 0.717) is 6.42 Å². The lowest BCUT2D eigenvalue weighted by Crippen LogP contribution is -2.42. The summed E-state index contributed by atoms with van der Waals surface area (Å²) >= 11 is 0. The van der Waals surface area contributed by atoms with Crippen molar-refractivity contribution in [3.05, 3.63) is 91.0 Å². The maximum atomic E-state index is 12.7. The zero-order chi connectivity index (χ0) is 19.8. The molecule has 0 aliphatic carbocycles. The van der Waals surface area contributed by atoms with Crippen molar-refractivity contribution in [3.8, 4) is 0 Å². The van der Waals surface area contributed by atoms with Crippen LogP contribution < -0.4 is 15.9 Å². The zero-order valence-corrected chi connectivity index (χ0v) is 17.3. The molecule has 0 aromatic heterocycles. The summed E-state index contributed by atoms with van der Waals surface area (Å²) in [4.78, 5) is 12.7. The second-order valence-electron chi connectivity index (χ2n) is 7.08. The van der Waals surface area contributed by atoms with Crippen molar-refractivity contribution in [2.75, 3.05) is 0 Å². The van der Waals surface area contributed by atoms with Gasteiger partial charge >= 0.3 is 5.97 Å². The van der Waals surface area contributed by atoms with Crippen molar-refractivity contribution in [1.82, 2.24) is 0 Å². The maximum Gasteiger partial charge on any atom is 0.345 e. The van der Waals surface area contributed by atoms with E-state index in [4.69, 9.17) is 0 Å². The van der Waals surface area contributed by atoms with Crippen LogP contribution in [0.1, 0.15) is 32.6 Å². The Morgan fingerprint density at radius 3 is 1.46 bits per heavy atom. The molecule has 0 fully saturated rings. The predicted octanol–water partition coefficient (Wildman–Crippen LogP) is 5.01. The average molecular weight is 391 g/mol. The Morgan fingerprint density at radius 1 is 0.750 bits per heavy atom. The summed E-state index contributed by atoms with van der Waals surface area (Å²) in [5.41, 5.74) is -0.439. The Hall–Kier alpha value is -2.44. The molecule has 0 saturated carbocycles. The summed E-state index contributed by atoms with van der Waals surface area (Å²) in [5, 5.41) is 13.8. The van der Waals surface area contributed by atoms with Gasteiger partial charge in [-0.25, -0.2) is 4.79 Å². The molecule has 0 saturated heterocycles. The van der Waals surface area contributed by atoms with Crippen LogP contribution >= 0.6 is 7.26 Å². The third kappa shape index (κ3) is 4.03. The highest BCUT2D eigenvalue weighted by molar-refractivity contribution is 7.96. The summed E-state index contributed by atoms with van der Waals surface area (Å²) in [6, 6.07) is 30.9. The fraction of sp³-hybridized carbons (Fsp3) is 0.240. The number of rotatable bonds is 9. The molecular formula is C25H28O2P+. The number of hydrogen-bond acceptors (Lipinski definition) is 1. The lowest BCUT2D eigenvalue weighted by atomic mass is 10.1. The SMILES string of the molecule is CCCCCC(C(=O)O)[P+](c1ccccc1)(c1ccccc1)c1ccccc1. The van der Waals surface area contributed by atoms with Gasteiger partial charge in [-0.05, 0) is 49.2 Å². The minimum atomic E-state index is -2.36. The molecular weight excluding hydrogens is 363 g/mol. The first-order valence-corrected chi connectivity index (χ1v) is 11.9. The van der Waals surface area contributed by atoms with E-state index in [-0.39, 0.29) is 0 Å². The monoisotopic (exact) mass is 391 g/mol. The molecule has 3 aromatic rings. The second kappa shape index (κ2) is 9.66. The number of aliphatic carboxylic acids is 1. The summed E-state index contributed by atoms with van der Waals surface area (Å²) < 4.78 is 0. The summed E-state index contributed by atoms with van der Waals surface area (Å²) in [6.07, 6.45) is 3.76. The molecule has 0 bridgehead atoms. The maximum absolute atomic E-state index is 12.7. The molecule has 2 nitrogen and oxygen atoms in total. The van der Waals surface area contributed by atoms with E-state index in [1.807, 2.05) is 54.6 Å². The summed E-state index contributed by atoms with van der Waals surface area (Å²) in [7, 11) is -2.36. The first-order valence-electron chi connectivity index (χ1n) is 9.99. The van der Waals surface area contributed by atoms with Gasteiger partial charge in [-0.3, -0.25) is 0 Å². The quantitative estimate of drug-likeness (QED) is 0.411. The van der Waals surface area contributed by atoms with Crippen LogP contribution in [0.25, 0.3) is 0 Å². The Bertz CT molecular complexity index is 766. The average Bonchev–Trinajstić information content (AvgIpc) is 2.75. The minimum absolute atomic E-state index is 0.439. The van der Waals surface area contributed by atoms with Crippen LogP contribution in [0.5, 0.6) is 0 Å². The highest BCUT2D eigenvalue weighted by atomic mass is 31.2. The van der Waals surface area contributed by atoms with Crippen molar-refractivity contribution in [3.63, 3.8) is 0 Å². The van der Waals surface area contributed by atoms with Crippen molar-refractivity contribution in [2.24, 2.45) is 0 Å². The first-order chi connectivity index (χ1) is 13.7. The van der Waals surface area contributed by atoms with E-state index in [9.17, 15) is 9.90 Å². The summed E-state index contributed by atoms with van der Waals surface area (Å²) in [6.45, 7) is 2.16. The minimum Gasteiger partial charge on any atom is -0.478 e. The van der Waals surface area contributed by atoms with Gasteiger partial charge in [0, 0.05) is 0 Å². The van der Waals surface area contributed by atoms with E-state index >= 15 is 0 Å². The molecule has 144 valence electrons. The number of carboxylic acids is 1. The molecule has 0 amide bonds. The Morgan fingerprint density at radius 2 is 1.14 bits per heavy atom. The molecule has 28 heavy (non-hydrogen) atoms. The van der Waals surface area contributed by atoms with Crippen LogP contribution in [0, 0.1) is 0 Å². The molecule has 1 N–H and O–H groups in total. The zero-order valence-electron chi connectivity index (χ0n) is 16.4. The van der Waals surface area contributed by atoms with Crippen LogP contribution in [0.15, 0.2) is 91.0 Å². The number of carboxylic acid groups (broad SMARTS) is 1. The molecule has 0 radical (unpaired) electrons. The fourth-order valence-electron chi connectivity index (χ4n) is 4.05. The van der Waals surface area contributed by atoms with Crippen LogP contribution in [0.2, 0.25) is 0 Å². The van der Waals surface area contributed by atoms with Crippen LogP contribution in [0.4, 0.5) is 0 Å². The van der Waals surface area contributed by atoms with Gasteiger partial charge in [0.25, 0.3) is 0 Å². The normalized spacial score (nSPS) is 12.5.